The molecule has 1 saturated heterocycles. The summed E-state index contributed by atoms with van der Waals surface area (Å²) in [7, 11) is 1.62. The Morgan fingerprint density at radius 1 is 1.39 bits per heavy atom. The maximum Gasteiger partial charge on any atom is 0.247 e. The number of likely N-dealkylation sites (tertiary alicyclic amines) is 1. The molecule has 2 aromatic rings. The molecule has 1 aliphatic rings. The normalized spacial score (nSPS) is 19.7. The van der Waals surface area contributed by atoms with Gasteiger partial charge >= 0.3 is 0 Å². The zero-order chi connectivity index (χ0) is 16.4. The second kappa shape index (κ2) is 6.37. The van der Waals surface area contributed by atoms with Crippen molar-refractivity contribution in [3.05, 3.63) is 30.2 Å². The van der Waals surface area contributed by atoms with Crippen molar-refractivity contribution in [3.63, 3.8) is 0 Å². The minimum Gasteiger partial charge on any atom is -0.497 e. The molecule has 2 atom stereocenters. The van der Waals surface area contributed by atoms with Crippen molar-refractivity contribution in [3.8, 4) is 17.2 Å². The summed E-state index contributed by atoms with van der Waals surface area (Å²) in [5.41, 5.74) is 6.22. The van der Waals surface area contributed by atoms with Gasteiger partial charge in [-0.1, -0.05) is 0 Å². The molecule has 0 radical (unpaired) electrons. The van der Waals surface area contributed by atoms with E-state index in [4.69, 9.17) is 14.9 Å². The van der Waals surface area contributed by atoms with Gasteiger partial charge in [0.25, 0.3) is 0 Å². The van der Waals surface area contributed by atoms with Crippen LogP contribution < -0.4 is 10.5 Å². The summed E-state index contributed by atoms with van der Waals surface area (Å²) in [5.74, 6) is 1.45. The highest BCUT2D eigenvalue weighted by molar-refractivity contribution is 5.77. The lowest BCUT2D eigenvalue weighted by atomic mass is 10.1. The number of methoxy groups -OCH3 is 1. The van der Waals surface area contributed by atoms with Gasteiger partial charge in [-0.3, -0.25) is 9.69 Å². The quantitative estimate of drug-likeness (QED) is 0.900. The van der Waals surface area contributed by atoms with Crippen LogP contribution in [-0.2, 0) is 4.79 Å². The maximum atomic E-state index is 11.3. The zero-order valence-electron chi connectivity index (χ0n) is 13.2. The number of carbonyl (C=O) groups excluding carboxylic acids is 1. The van der Waals surface area contributed by atoms with Gasteiger partial charge in [0.05, 0.1) is 19.1 Å². The summed E-state index contributed by atoms with van der Waals surface area (Å²) in [6.07, 6.45) is 0.777. The summed E-state index contributed by atoms with van der Waals surface area (Å²) in [6.45, 7) is 3.43. The molecule has 1 amide bonds. The Hall–Kier alpha value is -2.41. The SMILES string of the molecule is COc1ccc(-c2nnc(C(C)N3CCC(C(N)=O)C3)o2)cc1. The van der Waals surface area contributed by atoms with Gasteiger partial charge in [-0.2, -0.15) is 0 Å². The number of nitrogens with two attached hydrogens (primary N) is 1. The van der Waals surface area contributed by atoms with E-state index in [9.17, 15) is 4.79 Å². The second-order valence-corrected chi connectivity index (χ2v) is 5.73. The van der Waals surface area contributed by atoms with E-state index in [0.29, 0.717) is 18.3 Å². The van der Waals surface area contributed by atoms with E-state index in [1.54, 1.807) is 7.11 Å². The highest BCUT2D eigenvalue weighted by Gasteiger charge is 2.32. The molecular formula is C16H20N4O3. The van der Waals surface area contributed by atoms with Crippen LogP contribution in [0, 0.1) is 5.92 Å². The second-order valence-electron chi connectivity index (χ2n) is 5.73. The first-order chi connectivity index (χ1) is 11.1. The Labute approximate surface area is 134 Å². The van der Waals surface area contributed by atoms with Crippen molar-refractivity contribution in [1.29, 1.82) is 0 Å². The minimum absolute atomic E-state index is 0.0427. The largest absolute Gasteiger partial charge is 0.497 e. The number of amides is 1. The molecule has 0 aliphatic carbocycles. The molecule has 3 rings (SSSR count). The molecule has 2 heterocycles. The van der Waals surface area contributed by atoms with Crippen LogP contribution in [0.25, 0.3) is 11.5 Å². The summed E-state index contributed by atoms with van der Waals surface area (Å²) >= 11 is 0. The predicted molar refractivity (Wildman–Crippen MR) is 83.6 cm³/mol. The van der Waals surface area contributed by atoms with E-state index in [0.717, 1.165) is 24.3 Å². The molecule has 2 N–H and O–H groups in total. The van der Waals surface area contributed by atoms with E-state index in [2.05, 4.69) is 15.1 Å². The van der Waals surface area contributed by atoms with Gasteiger partial charge in [-0.15, -0.1) is 10.2 Å². The molecule has 0 saturated carbocycles. The number of benzene rings is 1. The monoisotopic (exact) mass is 316 g/mol. The van der Waals surface area contributed by atoms with Crippen LogP contribution in [0.5, 0.6) is 5.75 Å². The van der Waals surface area contributed by atoms with Crippen LogP contribution in [0.3, 0.4) is 0 Å². The van der Waals surface area contributed by atoms with Crippen LogP contribution >= 0.6 is 0 Å². The Balaban J connectivity index is 1.72. The highest BCUT2D eigenvalue weighted by Crippen LogP contribution is 2.29. The number of primary amides is 1. The van der Waals surface area contributed by atoms with Crippen molar-refractivity contribution in [2.24, 2.45) is 11.7 Å². The molecule has 23 heavy (non-hydrogen) atoms. The fourth-order valence-corrected chi connectivity index (χ4v) is 2.78. The van der Waals surface area contributed by atoms with E-state index < -0.39 is 0 Å². The Kier molecular flexibility index (Phi) is 4.29. The lowest BCUT2D eigenvalue weighted by Gasteiger charge is -2.20. The standard InChI is InChI=1S/C16H20N4O3/c1-10(20-8-7-12(9-20)14(17)21)15-18-19-16(23-15)11-3-5-13(22-2)6-4-11/h3-6,10,12H,7-9H2,1-2H3,(H2,17,21). The number of hydrogen-bond acceptors (Lipinski definition) is 6. The Morgan fingerprint density at radius 3 is 2.74 bits per heavy atom. The number of carbonyl (C=O) groups is 1. The average Bonchev–Trinajstić information content (AvgIpc) is 3.24. The summed E-state index contributed by atoms with van der Waals surface area (Å²) in [5, 5.41) is 8.26. The number of ether oxygens (including phenoxy) is 1. The van der Waals surface area contributed by atoms with Crippen molar-refractivity contribution >= 4 is 5.91 Å². The first kappa shape index (κ1) is 15.5. The topological polar surface area (TPSA) is 94.5 Å². The summed E-state index contributed by atoms with van der Waals surface area (Å²) in [4.78, 5) is 13.4. The van der Waals surface area contributed by atoms with E-state index in [1.165, 1.54) is 0 Å². The maximum absolute atomic E-state index is 11.3. The van der Waals surface area contributed by atoms with Crippen LogP contribution in [-0.4, -0.2) is 41.2 Å². The molecule has 122 valence electrons. The van der Waals surface area contributed by atoms with Gasteiger partial charge < -0.3 is 14.9 Å². The van der Waals surface area contributed by atoms with Gasteiger partial charge in [0.2, 0.25) is 17.7 Å². The van der Waals surface area contributed by atoms with Crippen LogP contribution in [0.4, 0.5) is 0 Å². The van der Waals surface area contributed by atoms with Crippen LogP contribution in [0.1, 0.15) is 25.3 Å². The van der Waals surface area contributed by atoms with E-state index >= 15 is 0 Å². The van der Waals surface area contributed by atoms with Gasteiger partial charge in [-0.05, 0) is 44.2 Å². The minimum atomic E-state index is -0.246. The molecule has 1 aromatic heterocycles. The summed E-state index contributed by atoms with van der Waals surface area (Å²) in [6, 6.07) is 7.40. The average molecular weight is 316 g/mol. The Bertz CT molecular complexity index is 683. The number of aromatic nitrogens is 2. The lowest BCUT2D eigenvalue weighted by Crippen LogP contribution is -2.29. The zero-order valence-corrected chi connectivity index (χ0v) is 13.2. The number of nitrogens with zero attached hydrogens (tertiary/aromatic N) is 3. The molecule has 0 bridgehead atoms. The molecule has 0 spiro atoms. The predicted octanol–water partition coefficient (Wildman–Crippen LogP) is 1.61. The fourth-order valence-electron chi connectivity index (χ4n) is 2.78. The molecule has 1 fully saturated rings. The molecule has 7 heteroatoms. The van der Waals surface area contributed by atoms with E-state index in [1.807, 2.05) is 31.2 Å². The third-order valence-corrected chi connectivity index (χ3v) is 4.30. The first-order valence-electron chi connectivity index (χ1n) is 7.59. The summed E-state index contributed by atoms with van der Waals surface area (Å²) < 4.78 is 10.9. The van der Waals surface area contributed by atoms with E-state index in [-0.39, 0.29) is 17.9 Å². The lowest BCUT2D eigenvalue weighted by molar-refractivity contribution is -0.121. The first-order valence-corrected chi connectivity index (χ1v) is 7.59. The van der Waals surface area contributed by atoms with Crippen LogP contribution in [0.15, 0.2) is 28.7 Å². The molecule has 1 aliphatic heterocycles. The number of hydrogen-bond donors (Lipinski definition) is 1. The third-order valence-electron chi connectivity index (χ3n) is 4.30. The number of rotatable bonds is 5. The molecule has 7 nitrogen and oxygen atoms in total. The Morgan fingerprint density at radius 2 is 2.13 bits per heavy atom. The van der Waals surface area contributed by atoms with Crippen molar-refractivity contribution in [1.82, 2.24) is 15.1 Å². The fraction of sp³-hybridized carbons (Fsp3) is 0.438. The van der Waals surface area contributed by atoms with Crippen LogP contribution in [0.2, 0.25) is 0 Å². The molecular weight excluding hydrogens is 296 g/mol. The smallest absolute Gasteiger partial charge is 0.247 e. The van der Waals surface area contributed by atoms with Gasteiger partial charge in [0, 0.05) is 12.1 Å². The molecule has 1 aromatic carbocycles. The van der Waals surface area contributed by atoms with Gasteiger partial charge in [-0.25, -0.2) is 0 Å². The third kappa shape index (κ3) is 3.19. The highest BCUT2D eigenvalue weighted by atomic mass is 16.5. The van der Waals surface area contributed by atoms with Crippen molar-refractivity contribution in [2.45, 2.75) is 19.4 Å². The van der Waals surface area contributed by atoms with Crippen molar-refractivity contribution < 1.29 is 13.9 Å². The molecule has 2 unspecified atom stereocenters. The van der Waals surface area contributed by atoms with Gasteiger partial charge in [0.15, 0.2) is 0 Å². The van der Waals surface area contributed by atoms with Crippen molar-refractivity contribution in [2.75, 3.05) is 20.2 Å². The van der Waals surface area contributed by atoms with Gasteiger partial charge in [0.1, 0.15) is 5.75 Å².